The number of hydrogen-bond acceptors (Lipinski definition) is 3. The molecule has 34 heavy (non-hydrogen) atoms. The number of rotatable bonds is 5. The predicted molar refractivity (Wildman–Crippen MR) is 110 cm³/mol. The van der Waals surface area contributed by atoms with Gasteiger partial charge in [-0.25, -0.2) is 8.78 Å². The zero-order chi connectivity index (χ0) is 24.6. The summed E-state index contributed by atoms with van der Waals surface area (Å²) >= 11 is 0. The highest BCUT2D eigenvalue weighted by Gasteiger charge is 2.73. The van der Waals surface area contributed by atoms with E-state index >= 15 is 4.39 Å². The number of primary amides is 1. The van der Waals surface area contributed by atoms with E-state index in [0.717, 1.165) is 5.56 Å². The van der Waals surface area contributed by atoms with Gasteiger partial charge in [0.05, 0.1) is 11.1 Å². The first-order chi connectivity index (χ1) is 15.9. The fourth-order valence-electron chi connectivity index (χ4n) is 5.84. The fourth-order valence-corrected chi connectivity index (χ4v) is 5.84. The quantitative estimate of drug-likeness (QED) is 0.649. The average Bonchev–Trinajstić information content (AvgIpc) is 3.67. The number of amides is 2. The lowest BCUT2D eigenvalue weighted by atomic mass is 9.82. The predicted octanol–water partition coefficient (Wildman–Crippen LogP) is 4.34. The SMILES string of the molecule is Cc1ccnc(C(=O)N2C(C(N)=O)CC3CC32[C@@H](c2cc(F)c(C(F)(F)F)cc2F)C2CC2)c1. The lowest BCUT2D eigenvalue weighted by Gasteiger charge is -2.38. The third-order valence-electron chi connectivity index (χ3n) is 7.43. The van der Waals surface area contributed by atoms with E-state index in [1.54, 1.807) is 19.1 Å². The van der Waals surface area contributed by atoms with Gasteiger partial charge < -0.3 is 10.6 Å². The van der Waals surface area contributed by atoms with E-state index in [1.165, 1.54) is 11.1 Å². The summed E-state index contributed by atoms with van der Waals surface area (Å²) < 4.78 is 69.0. The third kappa shape index (κ3) is 3.45. The van der Waals surface area contributed by atoms with Crippen LogP contribution in [0.5, 0.6) is 0 Å². The highest BCUT2D eigenvalue weighted by atomic mass is 19.4. The van der Waals surface area contributed by atoms with Crippen molar-refractivity contribution in [2.45, 2.75) is 56.3 Å². The van der Waals surface area contributed by atoms with E-state index in [1.807, 2.05) is 0 Å². The Bertz CT molecular complexity index is 1200. The molecule has 0 radical (unpaired) electrons. The van der Waals surface area contributed by atoms with Crippen molar-refractivity contribution >= 4 is 11.8 Å². The van der Waals surface area contributed by atoms with E-state index < -0.39 is 52.7 Å². The first-order valence-electron chi connectivity index (χ1n) is 11.1. The van der Waals surface area contributed by atoms with Crippen molar-refractivity contribution in [2.75, 3.05) is 0 Å². The molecule has 3 aliphatic rings. The Hall–Kier alpha value is -3.04. The van der Waals surface area contributed by atoms with Crippen LogP contribution < -0.4 is 5.73 Å². The topological polar surface area (TPSA) is 76.3 Å². The van der Waals surface area contributed by atoms with Gasteiger partial charge in [-0.3, -0.25) is 14.6 Å². The van der Waals surface area contributed by atoms with Gasteiger partial charge >= 0.3 is 6.18 Å². The first kappa shape index (κ1) is 22.7. The number of pyridine rings is 1. The molecule has 1 aliphatic heterocycles. The molecule has 2 aromatic rings. The Morgan fingerprint density at radius 2 is 1.88 bits per heavy atom. The number of benzene rings is 1. The molecule has 10 heteroatoms. The van der Waals surface area contributed by atoms with Crippen LogP contribution in [-0.4, -0.2) is 33.3 Å². The molecule has 1 aromatic heterocycles. The van der Waals surface area contributed by atoms with Gasteiger partial charge in [0.25, 0.3) is 5.91 Å². The maximum absolute atomic E-state index is 15.1. The van der Waals surface area contributed by atoms with Crippen LogP contribution in [0.25, 0.3) is 0 Å². The molecule has 2 N–H and O–H groups in total. The molecule has 3 fully saturated rings. The second-order valence-electron chi connectivity index (χ2n) is 9.61. The van der Waals surface area contributed by atoms with Crippen LogP contribution in [0.4, 0.5) is 22.0 Å². The second kappa shape index (κ2) is 7.48. The summed E-state index contributed by atoms with van der Waals surface area (Å²) in [5.74, 6) is -5.11. The lowest BCUT2D eigenvalue weighted by Crippen LogP contribution is -2.53. The molecule has 180 valence electrons. The normalized spacial score (nSPS) is 26.8. The largest absolute Gasteiger partial charge is 0.419 e. The standard InChI is InChI=1S/C24H22F5N3O2/c1-11-4-5-31-18(6-11)22(34)32-19(21(30)33)7-13-10-23(13,32)20(12-2-3-12)14-8-17(26)15(9-16(14)25)24(27,28)29/h4-6,8-9,12-13,19-20H,2-3,7,10H2,1H3,(H2,30,33)/t13?,19?,20-,23?/m1/s1. The van der Waals surface area contributed by atoms with Gasteiger partial charge in [-0.05, 0) is 79.8 Å². The third-order valence-corrected chi connectivity index (χ3v) is 7.43. The fraction of sp³-hybridized carbons (Fsp3) is 0.458. The van der Waals surface area contributed by atoms with Gasteiger partial charge in [0.2, 0.25) is 5.91 Å². The van der Waals surface area contributed by atoms with Crippen LogP contribution in [0.2, 0.25) is 0 Å². The van der Waals surface area contributed by atoms with E-state index in [-0.39, 0.29) is 35.6 Å². The minimum absolute atomic E-state index is 0.0896. The number of piperidine rings is 1. The van der Waals surface area contributed by atoms with Crippen LogP contribution in [-0.2, 0) is 11.0 Å². The number of likely N-dealkylation sites (tertiary alicyclic amines) is 1. The van der Waals surface area contributed by atoms with Gasteiger partial charge in [-0.2, -0.15) is 13.2 Å². The molecule has 2 amide bonds. The monoisotopic (exact) mass is 479 g/mol. The second-order valence-corrected chi connectivity index (χ2v) is 9.61. The molecule has 3 unspecified atom stereocenters. The first-order valence-corrected chi connectivity index (χ1v) is 11.1. The number of halogens is 5. The van der Waals surface area contributed by atoms with Crippen molar-refractivity contribution < 1.29 is 31.5 Å². The summed E-state index contributed by atoms with van der Waals surface area (Å²) in [6, 6.07) is 3.10. The number of nitrogens with two attached hydrogens (primary N) is 1. The molecule has 4 atom stereocenters. The van der Waals surface area contributed by atoms with Crippen molar-refractivity contribution in [1.82, 2.24) is 9.88 Å². The van der Waals surface area contributed by atoms with E-state index in [0.29, 0.717) is 25.3 Å². The maximum atomic E-state index is 15.1. The molecule has 5 rings (SSSR count). The molecular weight excluding hydrogens is 457 g/mol. The lowest BCUT2D eigenvalue weighted by molar-refractivity contribution is -0.140. The highest BCUT2D eigenvalue weighted by Crippen LogP contribution is 2.69. The number of carbonyl (C=O) groups excluding carboxylic acids is 2. The minimum atomic E-state index is -5.04. The molecule has 0 spiro atoms. The smallest absolute Gasteiger partial charge is 0.368 e. The molecule has 2 aliphatic carbocycles. The van der Waals surface area contributed by atoms with Crippen LogP contribution in [0.3, 0.4) is 0 Å². The summed E-state index contributed by atoms with van der Waals surface area (Å²) in [4.78, 5) is 31.4. The Morgan fingerprint density at radius 1 is 1.18 bits per heavy atom. The minimum Gasteiger partial charge on any atom is -0.368 e. The van der Waals surface area contributed by atoms with Gasteiger partial charge in [0.1, 0.15) is 23.4 Å². The van der Waals surface area contributed by atoms with Crippen molar-refractivity contribution in [3.8, 4) is 0 Å². The molecule has 1 aromatic carbocycles. The number of alkyl halides is 3. The van der Waals surface area contributed by atoms with Crippen molar-refractivity contribution in [1.29, 1.82) is 0 Å². The zero-order valence-corrected chi connectivity index (χ0v) is 18.2. The van der Waals surface area contributed by atoms with Crippen molar-refractivity contribution in [3.05, 3.63) is 64.5 Å². The summed E-state index contributed by atoms with van der Waals surface area (Å²) in [6.45, 7) is 1.77. The molecule has 5 nitrogen and oxygen atoms in total. The maximum Gasteiger partial charge on any atom is 0.419 e. The number of nitrogens with zero attached hydrogens (tertiary/aromatic N) is 2. The van der Waals surface area contributed by atoms with Crippen LogP contribution in [0.1, 0.15) is 58.8 Å². The molecule has 2 saturated carbocycles. The van der Waals surface area contributed by atoms with Crippen LogP contribution in [0, 0.1) is 30.4 Å². The summed E-state index contributed by atoms with van der Waals surface area (Å²) in [5, 5.41) is 0. The Balaban J connectivity index is 1.62. The number of fused-ring (bicyclic) bond motifs is 1. The molecular formula is C24H22F5N3O2. The van der Waals surface area contributed by atoms with E-state index in [2.05, 4.69) is 4.98 Å². The van der Waals surface area contributed by atoms with Crippen LogP contribution in [0.15, 0.2) is 30.5 Å². The number of carbonyl (C=O) groups is 2. The van der Waals surface area contributed by atoms with Gasteiger partial charge in [-0.15, -0.1) is 0 Å². The van der Waals surface area contributed by atoms with Crippen molar-refractivity contribution in [2.24, 2.45) is 17.6 Å². The molecule has 2 heterocycles. The Kier molecular flexibility index (Phi) is 5.00. The highest BCUT2D eigenvalue weighted by molar-refractivity contribution is 5.98. The Morgan fingerprint density at radius 3 is 2.47 bits per heavy atom. The number of hydrogen-bond donors (Lipinski definition) is 1. The number of aromatic nitrogens is 1. The van der Waals surface area contributed by atoms with Gasteiger partial charge in [0, 0.05) is 12.1 Å². The van der Waals surface area contributed by atoms with Crippen LogP contribution >= 0.6 is 0 Å². The molecule has 0 bridgehead atoms. The van der Waals surface area contributed by atoms with E-state index in [4.69, 9.17) is 5.73 Å². The van der Waals surface area contributed by atoms with Crippen molar-refractivity contribution in [3.63, 3.8) is 0 Å². The summed E-state index contributed by atoms with van der Waals surface area (Å²) in [6.07, 6.45) is -1.57. The van der Waals surface area contributed by atoms with Gasteiger partial charge in [0.15, 0.2) is 0 Å². The summed E-state index contributed by atoms with van der Waals surface area (Å²) in [5.41, 5.74) is 3.57. The average molecular weight is 479 g/mol. The Labute approximate surface area is 192 Å². The molecule has 1 saturated heterocycles. The van der Waals surface area contributed by atoms with E-state index in [9.17, 15) is 27.2 Å². The van der Waals surface area contributed by atoms with Gasteiger partial charge in [-0.1, -0.05) is 0 Å². The number of aryl methyl sites for hydroxylation is 1. The summed E-state index contributed by atoms with van der Waals surface area (Å²) in [7, 11) is 0. The zero-order valence-electron chi connectivity index (χ0n) is 18.2.